The van der Waals surface area contributed by atoms with Gasteiger partial charge in [0.15, 0.2) is 16.9 Å². The summed E-state index contributed by atoms with van der Waals surface area (Å²) in [6.07, 6.45) is -0.747. The Kier molecular flexibility index (Phi) is 8.05. The van der Waals surface area contributed by atoms with Crippen LogP contribution in [0.5, 0.6) is 0 Å². The number of nitrogens with zero attached hydrogens (tertiary/aromatic N) is 7. The molecule has 0 aromatic carbocycles. The minimum absolute atomic E-state index is 0.0921. The van der Waals surface area contributed by atoms with E-state index in [1.807, 2.05) is 6.07 Å². The van der Waals surface area contributed by atoms with Crippen LogP contribution in [0.3, 0.4) is 0 Å². The number of nitrogens with one attached hydrogen (secondary N) is 2. The van der Waals surface area contributed by atoms with E-state index in [1.165, 1.54) is 41.9 Å². The van der Waals surface area contributed by atoms with Crippen molar-refractivity contribution in [3.8, 4) is 17.5 Å². The zero-order chi connectivity index (χ0) is 30.8. The van der Waals surface area contributed by atoms with Crippen molar-refractivity contribution in [1.82, 2.24) is 29.9 Å². The monoisotopic (exact) mass is 583 g/mol. The maximum Gasteiger partial charge on any atom is 0.413 e. The normalized spacial score (nSPS) is 14.7. The number of ether oxygens (including phenoxy) is 2. The molecule has 16 heteroatoms. The summed E-state index contributed by atoms with van der Waals surface area (Å²) in [6, 6.07) is 5.86. The molecule has 1 fully saturated rings. The Hall–Kier alpha value is -5.20. The van der Waals surface area contributed by atoms with E-state index in [9.17, 15) is 28.4 Å². The number of carbonyl (C=O) groups excluding carboxylic acids is 3. The molecular weight excluding hydrogens is 556 g/mol. The lowest BCUT2D eigenvalue weighted by atomic mass is 9.80. The van der Waals surface area contributed by atoms with Crippen LogP contribution in [0.25, 0.3) is 11.4 Å². The molecule has 4 rings (SSSR count). The van der Waals surface area contributed by atoms with E-state index in [0.717, 1.165) is 6.07 Å². The smallest absolute Gasteiger partial charge is 0.413 e. The van der Waals surface area contributed by atoms with Gasteiger partial charge in [0, 0.05) is 7.05 Å². The van der Waals surface area contributed by atoms with Crippen LogP contribution in [-0.4, -0.2) is 66.6 Å². The molecular formula is C26H27F2N9O5. The van der Waals surface area contributed by atoms with Crippen molar-refractivity contribution in [2.24, 2.45) is 12.5 Å². The van der Waals surface area contributed by atoms with Crippen molar-refractivity contribution in [3.63, 3.8) is 0 Å². The molecule has 3 aromatic rings. The molecule has 1 aliphatic heterocycles. The van der Waals surface area contributed by atoms with Crippen LogP contribution in [0, 0.1) is 28.5 Å². The maximum absolute atomic E-state index is 13.9. The van der Waals surface area contributed by atoms with Crippen LogP contribution in [0.4, 0.5) is 29.9 Å². The second-order valence-corrected chi connectivity index (χ2v) is 10.5. The first-order valence-corrected chi connectivity index (χ1v) is 12.6. The van der Waals surface area contributed by atoms with Gasteiger partial charge in [0.25, 0.3) is 0 Å². The highest BCUT2D eigenvalue weighted by Crippen LogP contribution is 2.33. The Morgan fingerprint density at radius 2 is 1.86 bits per heavy atom. The highest BCUT2D eigenvalue weighted by molar-refractivity contribution is 5.99. The molecule has 220 valence electrons. The molecule has 1 unspecified atom stereocenters. The van der Waals surface area contributed by atoms with Gasteiger partial charge in [-0.25, -0.2) is 23.6 Å². The minimum Gasteiger partial charge on any atom is -0.444 e. The molecule has 42 heavy (non-hydrogen) atoms. The summed E-state index contributed by atoms with van der Waals surface area (Å²) in [6.45, 7) is 6.25. The third-order valence-corrected chi connectivity index (χ3v) is 6.09. The highest BCUT2D eigenvalue weighted by atomic mass is 19.1. The topological polar surface area (TPSA) is 177 Å². The van der Waals surface area contributed by atoms with E-state index in [2.05, 4.69) is 30.9 Å². The van der Waals surface area contributed by atoms with Crippen molar-refractivity contribution in [2.75, 3.05) is 23.7 Å². The number of hydrogen-bond donors (Lipinski definition) is 2. The first kappa shape index (κ1) is 29.8. The Morgan fingerprint density at radius 3 is 2.48 bits per heavy atom. The molecule has 0 bridgehead atoms. The average molecular weight is 584 g/mol. The predicted octanol–water partition coefficient (Wildman–Crippen LogP) is 3.56. The van der Waals surface area contributed by atoms with E-state index in [-0.39, 0.29) is 41.5 Å². The summed E-state index contributed by atoms with van der Waals surface area (Å²) in [5, 5.41) is 22.6. The molecule has 1 atom stereocenters. The highest BCUT2D eigenvalue weighted by Gasteiger charge is 2.53. The van der Waals surface area contributed by atoms with Gasteiger partial charge in [0.1, 0.15) is 17.5 Å². The van der Waals surface area contributed by atoms with Gasteiger partial charge in [-0.3, -0.25) is 15.1 Å². The van der Waals surface area contributed by atoms with Gasteiger partial charge in [-0.05, 0) is 45.9 Å². The molecule has 0 saturated carbocycles. The van der Waals surface area contributed by atoms with Crippen LogP contribution in [-0.2, 0) is 21.3 Å². The molecule has 3 amide bonds. The minimum atomic E-state index is -1.44. The fourth-order valence-electron chi connectivity index (χ4n) is 3.93. The number of aromatic nitrogens is 5. The maximum atomic E-state index is 13.9. The molecule has 0 radical (unpaired) electrons. The third-order valence-electron chi connectivity index (χ3n) is 6.09. The van der Waals surface area contributed by atoms with Crippen molar-refractivity contribution >= 4 is 29.6 Å². The molecule has 4 heterocycles. The van der Waals surface area contributed by atoms with Gasteiger partial charge in [-0.1, -0.05) is 5.21 Å². The Balaban J connectivity index is 1.40. The van der Waals surface area contributed by atoms with Gasteiger partial charge < -0.3 is 19.7 Å². The molecule has 14 nitrogen and oxygen atoms in total. The number of likely N-dealkylation sites (tertiary alicyclic amines) is 1. The van der Waals surface area contributed by atoms with Crippen molar-refractivity contribution in [3.05, 3.63) is 47.9 Å². The van der Waals surface area contributed by atoms with E-state index in [1.54, 1.807) is 20.8 Å². The number of carbonyl (C=O) groups is 3. The van der Waals surface area contributed by atoms with Crippen LogP contribution in [0.2, 0.25) is 0 Å². The zero-order valence-corrected chi connectivity index (χ0v) is 23.3. The summed E-state index contributed by atoms with van der Waals surface area (Å²) >= 11 is 0. The zero-order valence-electron chi connectivity index (χ0n) is 23.3. The Bertz CT molecular complexity index is 1560. The molecule has 3 aromatic heterocycles. The molecule has 0 spiro atoms. The third kappa shape index (κ3) is 6.40. The molecule has 0 aliphatic carbocycles. The van der Waals surface area contributed by atoms with Gasteiger partial charge in [0.05, 0.1) is 48.5 Å². The summed E-state index contributed by atoms with van der Waals surface area (Å²) in [4.78, 5) is 46.4. The quantitative estimate of drug-likeness (QED) is 0.408. The average Bonchev–Trinajstić information content (AvgIpc) is 3.24. The molecule has 2 N–H and O–H groups in total. The van der Waals surface area contributed by atoms with Crippen LogP contribution < -0.4 is 10.6 Å². The number of pyridine rings is 2. The van der Waals surface area contributed by atoms with Gasteiger partial charge >= 0.3 is 12.2 Å². The van der Waals surface area contributed by atoms with E-state index >= 15 is 0 Å². The van der Waals surface area contributed by atoms with E-state index < -0.39 is 47.0 Å². The largest absolute Gasteiger partial charge is 0.444 e. The number of aryl methyl sites for hydroxylation is 1. The van der Waals surface area contributed by atoms with E-state index in [0.29, 0.717) is 6.20 Å². The predicted molar refractivity (Wildman–Crippen MR) is 141 cm³/mol. The number of hydrogen-bond acceptors (Lipinski definition) is 10. The second-order valence-electron chi connectivity index (χ2n) is 10.5. The first-order valence-electron chi connectivity index (χ1n) is 12.6. The number of amides is 3. The second kappa shape index (κ2) is 11.4. The van der Waals surface area contributed by atoms with Crippen molar-refractivity contribution in [1.29, 1.82) is 5.26 Å². The lowest BCUT2D eigenvalue weighted by Gasteiger charge is -2.44. The number of nitriles is 1. The lowest BCUT2D eigenvalue weighted by molar-refractivity contribution is -0.129. The van der Waals surface area contributed by atoms with Gasteiger partial charge in [-0.2, -0.15) is 9.65 Å². The summed E-state index contributed by atoms with van der Waals surface area (Å²) < 4.78 is 39.1. The standard InChI is InChI=1S/C26H27F2N9O5/c1-14(17-8-15(27)9-31-20(17)28)41-23(39)33-21-19(34-35-36(21)5)18-7-6-16(10-30-18)32-22(38)26(11-29)12-37(13-26)24(40)42-25(2,3)4/h6-10,14H,12-13H2,1-5H3,(H,32,38)(H,33,39). The Morgan fingerprint density at radius 1 is 1.14 bits per heavy atom. The number of halogens is 2. The molecule has 1 saturated heterocycles. The summed E-state index contributed by atoms with van der Waals surface area (Å²) in [5.74, 6) is -2.28. The number of anilines is 2. The van der Waals surface area contributed by atoms with Gasteiger partial charge in [0.2, 0.25) is 11.9 Å². The van der Waals surface area contributed by atoms with Crippen molar-refractivity contribution in [2.45, 2.75) is 39.4 Å². The first-order chi connectivity index (χ1) is 19.7. The Labute approximate surface area is 238 Å². The van der Waals surface area contributed by atoms with Crippen LogP contribution in [0.15, 0.2) is 30.6 Å². The van der Waals surface area contributed by atoms with Gasteiger partial charge in [-0.15, -0.1) is 5.10 Å². The van der Waals surface area contributed by atoms with E-state index in [4.69, 9.17) is 9.47 Å². The molecule has 1 aliphatic rings. The fourth-order valence-corrected chi connectivity index (χ4v) is 3.93. The van der Waals surface area contributed by atoms with Crippen molar-refractivity contribution < 1.29 is 32.6 Å². The number of rotatable bonds is 6. The SMILES string of the molecule is CC(OC(=O)Nc1c(-c2ccc(NC(=O)C3(C#N)CN(C(=O)OC(C)(C)C)C3)cn2)nnn1C)c1cc(F)cnc1F. The van der Waals surface area contributed by atoms with Crippen LogP contribution >= 0.6 is 0 Å². The summed E-state index contributed by atoms with van der Waals surface area (Å²) in [5.41, 5.74) is -1.72. The van der Waals surface area contributed by atoms with Crippen LogP contribution in [0.1, 0.15) is 39.4 Å². The fraction of sp³-hybridized carbons (Fsp3) is 0.385. The summed E-state index contributed by atoms with van der Waals surface area (Å²) in [7, 11) is 1.50. The lowest BCUT2D eigenvalue weighted by Crippen LogP contribution is -2.63.